The molecule has 0 atom stereocenters. The fraction of sp³-hybridized carbons (Fsp3) is 0.108. The highest BCUT2D eigenvalue weighted by Crippen LogP contribution is 2.35. The van der Waals surface area contributed by atoms with E-state index in [-0.39, 0.29) is 10.8 Å². The van der Waals surface area contributed by atoms with Crippen molar-refractivity contribution in [2.45, 2.75) is 17.2 Å². The van der Waals surface area contributed by atoms with E-state index < -0.39 is 36.1 Å². The number of halogens is 7. The molecule has 48 heavy (non-hydrogen) atoms. The van der Waals surface area contributed by atoms with Crippen molar-refractivity contribution >= 4 is 34.9 Å². The van der Waals surface area contributed by atoms with Gasteiger partial charge in [-0.3, -0.25) is 0 Å². The first-order chi connectivity index (χ1) is 22.8. The molecular weight excluding hydrogens is 674 g/mol. The van der Waals surface area contributed by atoms with Crippen molar-refractivity contribution < 1.29 is 41.0 Å². The van der Waals surface area contributed by atoms with Crippen molar-refractivity contribution in [1.82, 2.24) is 0 Å². The molecule has 0 unspecified atom stereocenters. The van der Waals surface area contributed by atoms with E-state index >= 15 is 0 Å². The van der Waals surface area contributed by atoms with Crippen LogP contribution in [0.3, 0.4) is 0 Å². The number of carboxylic acids is 1. The SMILES string of the molecule is O=C(O)COc1ccc(SCC=C(c2ccc(-c3ccc(C(F)(F)F)cc3)cc2)c2ccc(-c3ccc(C(F)(F)F)cc3)cc2)cc1Cl. The monoisotopic (exact) mass is 698 g/mol. The molecule has 5 aromatic rings. The van der Waals surface area contributed by atoms with E-state index in [0.717, 1.165) is 57.0 Å². The number of hydrogen-bond donors (Lipinski definition) is 1. The first-order valence-electron chi connectivity index (χ1n) is 14.3. The Hall–Kier alpha value is -4.67. The summed E-state index contributed by atoms with van der Waals surface area (Å²) >= 11 is 7.76. The van der Waals surface area contributed by atoms with Gasteiger partial charge in [0.2, 0.25) is 0 Å². The number of carboxylic acid groups (broad SMARTS) is 1. The van der Waals surface area contributed by atoms with Gasteiger partial charge in [-0.15, -0.1) is 11.8 Å². The molecule has 0 amide bonds. The van der Waals surface area contributed by atoms with Crippen LogP contribution < -0.4 is 4.74 Å². The van der Waals surface area contributed by atoms with Gasteiger partial charge in [-0.1, -0.05) is 90.5 Å². The summed E-state index contributed by atoms with van der Waals surface area (Å²) in [6.07, 6.45) is -6.85. The third-order valence-electron chi connectivity index (χ3n) is 7.27. The summed E-state index contributed by atoms with van der Waals surface area (Å²) in [4.78, 5) is 11.6. The molecule has 0 saturated heterocycles. The quantitative estimate of drug-likeness (QED) is 0.116. The van der Waals surface area contributed by atoms with Crippen molar-refractivity contribution in [2.75, 3.05) is 12.4 Å². The van der Waals surface area contributed by atoms with Crippen molar-refractivity contribution in [3.63, 3.8) is 0 Å². The minimum absolute atomic E-state index is 0.251. The molecule has 3 nitrogen and oxygen atoms in total. The minimum atomic E-state index is -4.43. The van der Waals surface area contributed by atoms with Crippen LogP contribution in [0, 0.1) is 0 Å². The largest absolute Gasteiger partial charge is 0.480 e. The van der Waals surface area contributed by atoms with Crippen molar-refractivity contribution in [1.29, 1.82) is 0 Å². The summed E-state index contributed by atoms with van der Waals surface area (Å²) in [6.45, 7) is -0.520. The zero-order valence-corrected chi connectivity index (χ0v) is 26.4. The van der Waals surface area contributed by atoms with Crippen molar-refractivity contribution in [3.05, 3.63) is 149 Å². The summed E-state index contributed by atoms with van der Waals surface area (Å²) in [5.74, 6) is -0.370. The van der Waals surface area contributed by atoms with E-state index in [4.69, 9.17) is 21.4 Å². The lowest BCUT2D eigenvalue weighted by atomic mass is 9.93. The third-order valence-corrected chi connectivity index (χ3v) is 8.49. The number of aliphatic carboxylic acids is 1. The van der Waals surface area contributed by atoms with Crippen LogP contribution in [-0.2, 0) is 17.1 Å². The molecule has 5 aromatic carbocycles. The second-order valence-electron chi connectivity index (χ2n) is 10.5. The molecule has 0 aliphatic rings. The van der Waals surface area contributed by atoms with E-state index in [0.29, 0.717) is 16.9 Å². The predicted octanol–water partition coefficient (Wildman–Crippen LogP) is 11.4. The Labute approximate surface area is 281 Å². The van der Waals surface area contributed by atoms with Gasteiger partial charge in [0.1, 0.15) is 5.75 Å². The van der Waals surface area contributed by atoms with Crippen LogP contribution in [0.4, 0.5) is 26.3 Å². The Morgan fingerprint density at radius 3 is 1.46 bits per heavy atom. The van der Waals surface area contributed by atoms with Crippen LogP contribution in [0.5, 0.6) is 5.75 Å². The maximum atomic E-state index is 13.0. The van der Waals surface area contributed by atoms with E-state index in [1.807, 2.05) is 54.6 Å². The molecule has 0 fully saturated rings. The number of thioether (sulfide) groups is 1. The number of carbonyl (C=O) groups is 1. The molecule has 0 bridgehead atoms. The Morgan fingerprint density at radius 2 is 1.08 bits per heavy atom. The van der Waals surface area contributed by atoms with Gasteiger partial charge >= 0.3 is 18.3 Å². The smallest absolute Gasteiger partial charge is 0.416 e. The molecule has 0 radical (unpaired) electrons. The minimum Gasteiger partial charge on any atom is -0.480 e. The van der Waals surface area contributed by atoms with Crippen LogP contribution in [0.25, 0.3) is 27.8 Å². The molecule has 0 aliphatic heterocycles. The second kappa shape index (κ2) is 14.6. The van der Waals surface area contributed by atoms with E-state index in [1.54, 1.807) is 18.2 Å². The lowest BCUT2D eigenvalue weighted by Gasteiger charge is -2.13. The maximum absolute atomic E-state index is 13.0. The summed E-state index contributed by atoms with van der Waals surface area (Å²) in [6, 6.07) is 29.7. The second-order valence-corrected chi connectivity index (χ2v) is 12.0. The van der Waals surface area contributed by atoms with Crippen molar-refractivity contribution in [2.24, 2.45) is 0 Å². The van der Waals surface area contributed by atoms with Crippen LogP contribution in [0.15, 0.2) is 126 Å². The van der Waals surface area contributed by atoms with Gasteiger partial charge in [-0.05, 0) is 81.4 Å². The molecule has 0 heterocycles. The van der Waals surface area contributed by atoms with Crippen LogP contribution in [-0.4, -0.2) is 23.4 Å². The Kier molecular flexibility index (Phi) is 10.6. The van der Waals surface area contributed by atoms with Gasteiger partial charge in [0.05, 0.1) is 16.1 Å². The van der Waals surface area contributed by atoms with Crippen LogP contribution >= 0.6 is 23.4 Å². The highest BCUT2D eigenvalue weighted by Gasteiger charge is 2.30. The fourth-order valence-corrected chi connectivity index (χ4v) is 5.95. The van der Waals surface area contributed by atoms with Crippen LogP contribution in [0.1, 0.15) is 22.3 Å². The standard InChI is InChI=1S/C37H25ClF6O3S/c38-33-21-31(17-18-34(33)47-22-35(45)46)48-20-19-32(27-5-1-23(2-6-27)25-9-13-29(14-10-25)36(39,40)41)28-7-3-24(4-8-28)26-11-15-30(16-12-26)37(42,43)44/h1-19,21H,20,22H2,(H,45,46). The third kappa shape index (κ3) is 8.81. The summed E-state index contributed by atoms with van der Waals surface area (Å²) in [5.41, 5.74) is 3.80. The molecule has 0 aliphatic carbocycles. The topological polar surface area (TPSA) is 46.5 Å². The number of alkyl halides is 6. The molecule has 5 rings (SSSR count). The summed E-state index contributed by atoms with van der Waals surface area (Å²) in [5, 5.41) is 9.11. The highest BCUT2D eigenvalue weighted by molar-refractivity contribution is 7.99. The van der Waals surface area contributed by atoms with Gasteiger partial charge < -0.3 is 9.84 Å². The maximum Gasteiger partial charge on any atom is 0.416 e. The van der Waals surface area contributed by atoms with E-state index in [2.05, 4.69) is 0 Å². The first-order valence-corrected chi connectivity index (χ1v) is 15.7. The number of rotatable bonds is 10. The van der Waals surface area contributed by atoms with Gasteiger partial charge in [0, 0.05) is 10.6 Å². The van der Waals surface area contributed by atoms with E-state index in [1.165, 1.54) is 36.0 Å². The summed E-state index contributed by atoms with van der Waals surface area (Å²) in [7, 11) is 0. The predicted molar refractivity (Wildman–Crippen MR) is 176 cm³/mol. The number of benzene rings is 5. The molecule has 1 N–H and O–H groups in total. The Balaban J connectivity index is 1.41. The fourth-order valence-electron chi connectivity index (χ4n) is 4.84. The highest BCUT2D eigenvalue weighted by atomic mass is 35.5. The normalized spacial score (nSPS) is 11.6. The zero-order chi connectivity index (χ0) is 34.5. The van der Waals surface area contributed by atoms with Gasteiger partial charge in [0.25, 0.3) is 0 Å². The lowest BCUT2D eigenvalue weighted by Crippen LogP contribution is -2.09. The molecule has 0 aromatic heterocycles. The Morgan fingerprint density at radius 1 is 0.667 bits per heavy atom. The number of hydrogen-bond acceptors (Lipinski definition) is 3. The van der Waals surface area contributed by atoms with Gasteiger partial charge in [-0.25, -0.2) is 4.79 Å². The van der Waals surface area contributed by atoms with E-state index in [9.17, 15) is 31.1 Å². The molecule has 0 saturated carbocycles. The zero-order valence-electron chi connectivity index (χ0n) is 24.8. The molecule has 0 spiro atoms. The molecular formula is C37H25ClF6O3S. The molecule has 11 heteroatoms. The van der Waals surface area contributed by atoms with Crippen LogP contribution in [0.2, 0.25) is 5.02 Å². The lowest BCUT2D eigenvalue weighted by molar-refractivity contribution is -0.139. The Bertz CT molecular complexity index is 1800. The summed E-state index contributed by atoms with van der Waals surface area (Å²) < 4.78 is 83.4. The average Bonchev–Trinajstić information content (AvgIpc) is 3.06. The number of ether oxygens (including phenoxy) is 1. The van der Waals surface area contributed by atoms with Gasteiger partial charge in [-0.2, -0.15) is 26.3 Å². The average molecular weight is 699 g/mol. The first kappa shape index (κ1) is 34.7. The molecule has 246 valence electrons. The van der Waals surface area contributed by atoms with Gasteiger partial charge in [0.15, 0.2) is 6.61 Å². The van der Waals surface area contributed by atoms with Crippen molar-refractivity contribution in [3.8, 4) is 28.0 Å².